The lowest BCUT2D eigenvalue weighted by Gasteiger charge is -2.41. The van der Waals surface area contributed by atoms with Crippen molar-refractivity contribution in [3.63, 3.8) is 0 Å². The van der Waals surface area contributed by atoms with Gasteiger partial charge in [0.15, 0.2) is 0 Å². The first-order chi connectivity index (χ1) is 11.2. The molecule has 1 aliphatic carbocycles. The van der Waals surface area contributed by atoms with Crippen molar-refractivity contribution in [2.45, 2.75) is 44.6 Å². The van der Waals surface area contributed by atoms with Gasteiger partial charge in [0.2, 0.25) is 5.89 Å². The molecule has 2 N–H and O–H groups in total. The van der Waals surface area contributed by atoms with Crippen LogP contribution >= 0.6 is 0 Å². The normalized spacial score (nSPS) is 16.5. The number of nitrogens with one attached hydrogen (secondary N) is 1. The number of rotatable bonds is 4. The smallest absolute Gasteiger partial charge is 0.352 e. The fourth-order valence-electron chi connectivity index (χ4n) is 2.57. The van der Waals surface area contributed by atoms with Crippen LogP contribution in [0.1, 0.15) is 30.7 Å². The van der Waals surface area contributed by atoms with Gasteiger partial charge in [-0.05, 0) is 51.3 Å². The molecule has 5 nitrogen and oxygen atoms in total. The third-order valence-corrected chi connectivity index (χ3v) is 4.45. The molecule has 0 radical (unpaired) electrons. The van der Waals surface area contributed by atoms with Gasteiger partial charge >= 0.3 is 5.92 Å². The summed E-state index contributed by atoms with van der Waals surface area (Å²) in [4.78, 5) is 16.2. The number of halogens is 2. The van der Waals surface area contributed by atoms with Gasteiger partial charge in [-0.2, -0.15) is 8.78 Å². The fraction of sp³-hybridized carbons (Fsp3) is 0.412. The van der Waals surface area contributed by atoms with Gasteiger partial charge in [0, 0.05) is 11.3 Å². The molecule has 2 aromatic rings. The lowest BCUT2D eigenvalue weighted by molar-refractivity contribution is -0.212. The summed E-state index contributed by atoms with van der Waals surface area (Å²) in [6.07, 6.45) is 0.322. The summed E-state index contributed by atoms with van der Waals surface area (Å²) < 4.78 is 33.7. The lowest BCUT2D eigenvalue weighted by atomic mass is 9.75. The summed E-state index contributed by atoms with van der Waals surface area (Å²) in [5.74, 6) is -4.33. The number of alkyl halides is 2. The Morgan fingerprint density at radius 1 is 1.38 bits per heavy atom. The second-order valence-electron chi connectivity index (χ2n) is 6.16. The average molecular weight is 336 g/mol. The van der Waals surface area contributed by atoms with Crippen molar-refractivity contribution in [2.75, 3.05) is 5.32 Å². The maximum atomic E-state index is 14.1. The van der Waals surface area contributed by atoms with E-state index in [0.717, 1.165) is 5.69 Å². The summed E-state index contributed by atoms with van der Waals surface area (Å²) >= 11 is 0. The molecule has 1 saturated carbocycles. The van der Waals surface area contributed by atoms with Gasteiger partial charge in [0.05, 0.1) is 5.69 Å². The molecule has 3 rings (SSSR count). The van der Waals surface area contributed by atoms with E-state index in [4.69, 9.17) is 4.42 Å². The maximum absolute atomic E-state index is 14.1. The molecular formula is C17H18F2N2O3. The van der Waals surface area contributed by atoms with Crippen molar-refractivity contribution in [1.29, 1.82) is 0 Å². The van der Waals surface area contributed by atoms with Gasteiger partial charge in [-0.1, -0.05) is 6.07 Å². The first-order valence-corrected chi connectivity index (χ1v) is 7.69. The number of hydrogen-bond acceptors (Lipinski definition) is 4. The number of anilines is 1. The lowest BCUT2D eigenvalue weighted by Crippen LogP contribution is -2.59. The largest absolute Gasteiger partial charge is 0.441 e. The third kappa shape index (κ3) is 2.69. The van der Waals surface area contributed by atoms with E-state index < -0.39 is 17.4 Å². The number of hydrogen-bond donors (Lipinski definition) is 2. The van der Waals surface area contributed by atoms with Crippen molar-refractivity contribution in [3.05, 3.63) is 35.7 Å². The van der Waals surface area contributed by atoms with Gasteiger partial charge in [0.1, 0.15) is 11.4 Å². The van der Waals surface area contributed by atoms with Gasteiger partial charge in [-0.25, -0.2) is 4.98 Å². The molecule has 7 heteroatoms. The highest BCUT2D eigenvalue weighted by Crippen LogP contribution is 2.44. The minimum absolute atomic E-state index is 0.0810. The standard InChI is InChI=1S/C17H18F2N2O3/c1-10-11(2)24-14(20-10)12-5-3-6-13(9-12)21-15(22)17(18,19)16(23)7-4-8-16/h3,5-6,9,23H,4,7-8H2,1-2H3,(H,21,22). The SMILES string of the molecule is Cc1nc(-c2cccc(NC(=O)C(F)(F)C3(O)CCC3)c2)oc1C. The van der Waals surface area contributed by atoms with E-state index >= 15 is 0 Å². The molecule has 0 atom stereocenters. The van der Waals surface area contributed by atoms with Crippen LogP contribution in [0, 0.1) is 13.8 Å². The van der Waals surface area contributed by atoms with Crippen LogP contribution in [0.4, 0.5) is 14.5 Å². The number of aryl methyl sites for hydroxylation is 2. The number of nitrogens with zero attached hydrogens (tertiary/aromatic N) is 1. The topological polar surface area (TPSA) is 75.4 Å². The Bertz CT molecular complexity index is 762. The number of aromatic nitrogens is 1. The quantitative estimate of drug-likeness (QED) is 0.897. The highest BCUT2D eigenvalue weighted by atomic mass is 19.3. The van der Waals surface area contributed by atoms with Crippen LogP contribution in [0.25, 0.3) is 11.5 Å². The molecule has 0 unspecified atom stereocenters. The molecule has 1 aromatic carbocycles. The molecule has 1 amide bonds. The van der Waals surface area contributed by atoms with E-state index in [9.17, 15) is 18.7 Å². The zero-order valence-corrected chi connectivity index (χ0v) is 13.4. The van der Waals surface area contributed by atoms with Gasteiger partial charge in [0.25, 0.3) is 5.91 Å². The molecule has 0 bridgehead atoms. The second-order valence-corrected chi connectivity index (χ2v) is 6.16. The number of carbonyl (C=O) groups is 1. The predicted molar refractivity (Wildman–Crippen MR) is 83.8 cm³/mol. The zero-order chi connectivity index (χ0) is 17.5. The van der Waals surface area contributed by atoms with Crippen LogP contribution in [0.3, 0.4) is 0 Å². The maximum Gasteiger partial charge on any atom is 0.352 e. The van der Waals surface area contributed by atoms with E-state index in [1.165, 1.54) is 12.1 Å². The summed E-state index contributed by atoms with van der Waals surface area (Å²) in [5.41, 5.74) is -0.757. The van der Waals surface area contributed by atoms with Crippen LogP contribution in [0.15, 0.2) is 28.7 Å². The van der Waals surface area contributed by atoms with Crippen LogP contribution in [-0.2, 0) is 4.79 Å². The average Bonchev–Trinajstić information content (AvgIpc) is 2.84. The van der Waals surface area contributed by atoms with Crippen LogP contribution in [0.5, 0.6) is 0 Å². The van der Waals surface area contributed by atoms with Gasteiger partial charge in [-0.15, -0.1) is 0 Å². The Morgan fingerprint density at radius 2 is 2.08 bits per heavy atom. The molecule has 0 spiro atoms. The first kappa shape index (κ1) is 16.6. The molecule has 1 aromatic heterocycles. The van der Waals surface area contributed by atoms with E-state index in [2.05, 4.69) is 10.3 Å². The molecule has 24 heavy (non-hydrogen) atoms. The molecule has 1 heterocycles. The molecule has 1 fully saturated rings. The minimum Gasteiger partial charge on any atom is -0.441 e. The number of oxazole rings is 1. The molecule has 1 aliphatic rings. The fourth-order valence-corrected chi connectivity index (χ4v) is 2.57. The van der Waals surface area contributed by atoms with Crippen molar-refractivity contribution < 1.29 is 23.1 Å². The van der Waals surface area contributed by atoms with E-state index in [0.29, 0.717) is 23.6 Å². The highest BCUT2D eigenvalue weighted by molar-refractivity contribution is 5.97. The van der Waals surface area contributed by atoms with Crippen molar-refractivity contribution in [1.82, 2.24) is 4.98 Å². The molecule has 0 saturated heterocycles. The molecule has 0 aliphatic heterocycles. The summed E-state index contributed by atoms with van der Waals surface area (Å²) in [5, 5.41) is 12.0. The summed E-state index contributed by atoms with van der Waals surface area (Å²) in [7, 11) is 0. The summed E-state index contributed by atoms with van der Waals surface area (Å²) in [6, 6.07) is 6.31. The monoisotopic (exact) mass is 336 g/mol. The van der Waals surface area contributed by atoms with Gasteiger partial charge in [-0.3, -0.25) is 4.79 Å². The minimum atomic E-state index is -3.84. The van der Waals surface area contributed by atoms with E-state index in [1.54, 1.807) is 26.0 Å². The van der Waals surface area contributed by atoms with Gasteiger partial charge < -0.3 is 14.8 Å². The van der Waals surface area contributed by atoms with E-state index in [1.807, 2.05) is 0 Å². The van der Waals surface area contributed by atoms with Crippen LogP contribution < -0.4 is 5.32 Å². The Labute approximate surface area is 137 Å². The van der Waals surface area contributed by atoms with Crippen molar-refractivity contribution in [3.8, 4) is 11.5 Å². The third-order valence-electron chi connectivity index (χ3n) is 4.45. The summed E-state index contributed by atoms with van der Waals surface area (Å²) in [6.45, 7) is 3.57. The number of benzene rings is 1. The van der Waals surface area contributed by atoms with Crippen molar-refractivity contribution in [2.24, 2.45) is 0 Å². The Balaban J connectivity index is 1.81. The molecule has 128 valence electrons. The highest BCUT2D eigenvalue weighted by Gasteiger charge is 2.61. The number of amides is 1. The Morgan fingerprint density at radius 3 is 2.62 bits per heavy atom. The number of aliphatic hydroxyl groups is 1. The van der Waals surface area contributed by atoms with Crippen LogP contribution in [0.2, 0.25) is 0 Å². The van der Waals surface area contributed by atoms with Crippen molar-refractivity contribution >= 4 is 11.6 Å². The Hall–Kier alpha value is -2.28. The second kappa shape index (κ2) is 5.66. The zero-order valence-electron chi connectivity index (χ0n) is 13.4. The predicted octanol–water partition coefficient (Wildman–Crippen LogP) is 3.45. The van der Waals surface area contributed by atoms with E-state index in [-0.39, 0.29) is 18.5 Å². The Kier molecular flexibility index (Phi) is 3.91. The first-order valence-electron chi connectivity index (χ1n) is 7.69. The van der Waals surface area contributed by atoms with Crippen LogP contribution in [-0.4, -0.2) is 27.5 Å². The number of carbonyl (C=O) groups excluding carboxylic acids is 1. The molecular weight excluding hydrogens is 318 g/mol.